The second-order valence-electron chi connectivity index (χ2n) is 10.2. The SMILES string of the molecule is C[SH](C)C1CCCCN1C(=O)OC(C)(C)CC1CCC(C(C)(C)C)NC1. The first-order valence-electron chi connectivity index (χ1n) is 10.4. The number of thiol groups is 1. The predicted octanol–water partition coefficient (Wildman–Crippen LogP) is 4.78. The van der Waals surface area contributed by atoms with Crippen molar-refractivity contribution in [3.05, 3.63) is 0 Å². The van der Waals surface area contributed by atoms with E-state index in [2.05, 4.69) is 52.4 Å². The van der Waals surface area contributed by atoms with Gasteiger partial charge in [-0.1, -0.05) is 20.8 Å². The van der Waals surface area contributed by atoms with Gasteiger partial charge in [-0.05, 0) is 82.8 Å². The Morgan fingerprint density at radius 3 is 2.35 bits per heavy atom. The smallest absolute Gasteiger partial charge is 0.411 e. The van der Waals surface area contributed by atoms with Gasteiger partial charge in [0, 0.05) is 12.6 Å². The number of likely N-dealkylation sites (tertiary alicyclic amines) is 1. The molecule has 3 atom stereocenters. The van der Waals surface area contributed by atoms with E-state index in [4.69, 9.17) is 4.74 Å². The summed E-state index contributed by atoms with van der Waals surface area (Å²) in [6, 6.07) is 0.590. The third kappa shape index (κ3) is 6.05. The van der Waals surface area contributed by atoms with Gasteiger partial charge >= 0.3 is 6.09 Å². The summed E-state index contributed by atoms with van der Waals surface area (Å²) in [5.41, 5.74) is -0.0842. The summed E-state index contributed by atoms with van der Waals surface area (Å²) in [5.74, 6) is 0.586. The van der Waals surface area contributed by atoms with Crippen LogP contribution < -0.4 is 5.32 Å². The number of carbonyl (C=O) groups excluding carboxylic acids is 1. The number of hydrogen-bond donors (Lipinski definition) is 2. The molecule has 2 rings (SSSR count). The van der Waals surface area contributed by atoms with Gasteiger partial charge in [-0.3, -0.25) is 4.90 Å². The lowest BCUT2D eigenvalue weighted by Crippen LogP contribution is -2.49. The molecule has 2 fully saturated rings. The zero-order valence-electron chi connectivity index (χ0n) is 18.1. The highest BCUT2D eigenvalue weighted by Crippen LogP contribution is 2.36. The van der Waals surface area contributed by atoms with E-state index in [0.29, 0.717) is 22.7 Å². The van der Waals surface area contributed by atoms with Crippen molar-refractivity contribution in [1.29, 1.82) is 0 Å². The fourth-order valence-corrected chi connectivity index (χ4v) is 5.99. The highest BCUT2D eigenvalue weighted by Gasteiger charge is 2.36. The molecule has 0 radical (unpaired) electrons. The van der Waals surface area contributed by atoms with Gasteiger partial charge < -0.3 is 10.1 Å². The molecule has 154 valence electrons. The number of nitrogens with zero attached hydrogens (tertiary/aromatic N) is 1. The van der Waals surface area contributed by atoms with Crippen LogP contribution in [0.3, 0.4) is 0 Å². The zero-order valence-corrected chi connectivity index (χ0v) is 19.0. The molecule has 3 unspecified atom stereocenters. The Balaban J connectivity index is 1.87. The van der Waals surface area contributed by atoms with E-state index in [1.54, 1.807) is 0 Å². The molecular weight excluding hydrogens is 344 g/mol. The van der Waals surface area contributed by atoms with Crippen LogP contribution in [0.2, 0.25) is 0 Å². The van der Waals surface area contributed by atoms with E-state index in [-0.39, 0.29) is 17.0 Å². The monoisotopic (exact) mass is 386 g/mol. The van der Waals surface area contributed by atoms with Gasteiger partial charge in [-0.15, -0.1) is 0 Å². The van der Waals surface area contributed by atoms with Gasteiger partial charge in [0.05, 0.1) is 5.37 Å². The van der Waals surface area contributed by atoms with Crippen LogP contribution in [-0.2, 0) is 4.74 Å². The molecule has 5 heteroatoms. The molecule has 0 bridgehead atoms. The number of amides is 1. The highest BCUT2D eigenvalue weighted by atomic mass is 32.2. The van der Waals surface area contributed by atoms with Gasteiger partial charge in [0.1, 0.15) is 5.60 Å². The summed E-state index contributed by atoms with van der Waals surface area (Å²) in [5, 5.41) is 4.12. The normalized spacial score (nSPS) is 28.7. The molecule has 0 aromatic carbocycles. The second kappa shape index (κ2) is 8.72. The summed E-state index contributed by atoms with van der Waals surface area (Å²) >= 11 is 0. The molecule has 2 aliphatic heterocycles. The average molecular weight is 387 g/mol. The molecular formula is C21H42N2O2S. The van der Waals surface area contributed by atoms with Gasteiger partial charge in [0.25, 0.3) is 0 Å². The zero-order chi connectivity index (χ0) is 19.5. The molecule has 1 N–H and O–H groups in total. The fourth-order valence-electron chi connectivity index (χ4n) is 4.52. The van der Waals surface area contributed by atoms with Gasteiger partial charge in [0.2, 0.25) is 0 Å². The summed E-state index contributed by atoms with van der Waals surface area (Å²) < 4.78 is 6.02. The first kappa shape index (κ1) is 21.9. The van der Waals surface area contributed by atoms with Crippen molar-refractivity contribution < 1.29 is 9.53 Å². The van der Waals surface area contributed by atoms with Crippen LogP contribution >= 0.6 is 10.9 Å². The first-order valence-corrected chi connectivity index (χ1v) is 12.7. The van der Waals surface area contributed by atoms with Crippen LogP contribution in [0.15, 0.2) is 0 Å². The first-order chi connectivity index (χ1) is 12.0. The lowest BCUT2D eigenvalue weighted by atomic mass is 9.78. The summed E-state index contributed by atoms with van der Waals surface area (Å²) in [6.07, 6.45) is 11.3. The quantitative estimate of drug-likeness (QED) is 0.683. The Kier molecular flexibility index (Phi) is 7.34. The lowest BCUT2D eigenvalue weighted by molar-refractivity contribution is -0.00996. The standard InChI is InChI=1S/C21H42N2O2S/c1-20(2,3)17-12-11-16(15-22-17)14-21(4,5)25-19(24)23-13-9-8-10-18(23)26(6)7/h16-18,22,26H,8-15H2,1-7H3. The van der Waals surface area contributed by atoms with Crippen LogP contribution in [0.25, 0.3) is 0 Å². The van der Waals surface area contributed by atoms with Crippen LogP contribution in [-0.4, -0.2) is 53.6 Å². The number of hydrogen-bond acceptors (Lipinski definition) is 3. The van der Waals surface area contributed by atoms with Crippen molar-refractivity contribution in [2.45, 2.75) is 90.2 Å². The van der Waals surface area contributed by atoms with Gasteiger partial charge in [-0.2, -0.15) is 0 Å². The van der Waals surface area contributed by atoms with Crippen molar-refractivity contribution >= 4 is 17.0 Å². The number of piperidine rings is 2. The predicted molar refractivity (Wildman–Crippen MR) is 114 cm³/mol. The maximum atomic E-state index is 12.9. The number of carbonyl (C=O) groups is 1. The topological polar surface area (TPSA) is 41.6 Å². The van der Waals surface area contributed by atoms with E-state index in [9.17, 15) is 4.79 Å². The molecule has 26 heavy (non-hydrogen) atoms. The van der Waals surface area contributed by atoms with Crippen LogP contribution in [0.1, 0.15) is 73.1 Å². The van der Waals surface area contributed by atoms with Gasteiger partial charge in [-0.25, -0.2) is 15.7 Å². The molecule has 0 aliphatic carbocycles. The minimum Gasteiger partial charge on any atom is -0.443 e. The molecule has 0 saturated carbocycles. The average Bonchev–Trinajstić information content (AvgIpc) is 2.53. The number of ether oxygens (including phenoxy) is 1. The lowest BCUT2D eigenvalue weighted by Gasteiger charge is -2.42. The Labute approximate surface area is 164 Å². The molecule has 2 heterocycles. The van der Waals surface area contributed by atoms with Crippen molar-refractivity contribution in [1.82, 2.24) is 10.2 Å². The van der Waals surface area contributed by atoms with E-state index in [0.717, 1.165) is 32.4 Å². The van der Waals surface area contributed by atoms with Crippen molar-refractivity contribution in [3.63, 3.8) is 0 Å². The molecule has 4 nitrogen and oxygen atoms in total. The minimum atomic E-state index is -0.399. The summed E-state index contributed by atoms with van der Waals surface area (Å²) in [4.78, 5) is 14.9. The molecule has 2 aliphatic rings. The molecule has 0 spiro atoms. The van der Waals surface area contributed by atoms with Crippen LogP contribution in [0, 0.1) is 11.3 Å². The molecule has 0 aromatic heterocycles. The third-order valence-electron chi connectivity index (χ3n) is 6.01. The maximum absolute atomic E-state index is 12.9. The van der Waals surface area contributed by atoms with Crippen LogP contribution in [0.5, 0.6) is 0 Å². The molecule has 2 saturated heterocycles. The summed E-state index contributed by atoms with van der Waals surface area (Å²) in [7, 11) is -0.150. The van der Waals surface area contributed by atoms with Crippen molar-refractivity contribution in [2.75, 3.05) is 25.6 Å². The van der Waals surface area contributed by atoms with Crippen LogP contribution in [0.4, 0.5) is 4.79 Å². The van der Waals surface area contributed by atoms with Gasteiger partial charge in [0.15, 0.2) is 0 Å². The fraction of sp³-hybridized carbons (Fsp3) is 0.952. The second-order valence-corrected chi connectivity index (χ2v) is 12.8. The number of nitrogens with one attached hydrogen (secondary N) is 1. The molecule has 0 aromatic rings. The van der Waals surface area contributed by atoms with Crippen molar-refractivity contribution in [2.24, 2.45) is 11.3 Å². The van der Waals surface area contributed by atoms with E-state index in [1.807, 2.05) is 4.90 Å². The maximum Gasteiger partial charge on any atom is 0.411 e. The van der Waals surface area contributed by atoms with E-state index >= 15 is 0 Å². The Bertz CT molecular complexity index is 465. The van der Waals surface area contributed by atoms with E-state index < -0.39 is 5.60 Å². The summed E-state index contributed by atoms with van der Waals surface area (Å²) in [6.45, 7) is 13.0. The van der Waals surface area contributed by atoms with E-state index in [1.165, 1.54) is 19.3 Å². The molecule has 1 amide bonds. The Morgan fingerprint density at radius 2 is 1.81 bits per heavy atom. The Morgan fingerprint density at radius 1 is 1.12 bits per heavy atom. The Hall–Kier alpha value is -0.420. The third-order valence-corrected chi connectivity index (χ3v) is 7.74. The number of rotatable bonds is 4. The highest BCUT2D eigenvalue weighted by molar-refractivity contribution is 8.16. The minimum absolute atomic E-state index is 0.0905. The largest absolute Gasteiger partial charge is 0.443 e. The van der Waals surface area contributed by atoms with Crippen molar-refractivity contribution in [3.8, 4) is 0 Å².